The van der Waals surface area contributed by atoms with Gasteiger partial charge < -0.3 is 4.90 Å². The molecule has 0 aromatic heterocycles. The third kappa shape index (κ3) is 2.95. The van der Waals surface area contributed by atoms with Gasteiger partial charge in [0.25, 0.3) is 15.0 Å². The summed E-state index contributed by atoms with van der Waals surface area (Å²) < 4.78 is 23.0. The molecule has 1 unspecified atom stereocenters. The van der Waals surface area contributed by atoms with Gasteiger partial charge in [-0.1, -0.05) is 11.6 Å². The van der Waals surface area contributed by atoms with E-state index in [1.807, 2.05) is 6.92 Å². The summed E-state index contributed by atoms with van der Waals surface area (Å²) >= 11 is 5.95. The quantitative estimate of drug-likeness (QED) is 0.780. The van der Waals surface area contributed by atoms with Gasteiger partial charge >= 0.3 is 0 Å². The van der Waals surface area contributed by atoms with Crippen LogP contribution in [0, 0.1) is 6.92 Å². The van der Waals surface area contributed by atoms with Crippen molar-refractivity contribution >= 4 is 37.2 Å². The van der Waals surface area contributed by atoms with Gasteiger partial charge in [0, 0.05) is 28.8 Å². The minimum Gasteiger partial charge on any atom is -0.336 e. The van der Waals surface area contributed by atoms with Crippen molar-refractivity contribution in [3.05, 3.63) is 28.3 Å². The van der Waals surface area contributed by atoms with Crippen LogP contribution in [0.15, 0.2) is 17.0 Å². The molecule has 20 heavy (non-hydrogen) atoms. The summed E-state index contributed by atoms with van der Waals surface area (Å²) in [7, 11) is 1.38. The van der Waals surface area contributed by atoms with E-state index in [0.717, 1.165) is 12.8 Å². The van der Waals surface area contributed by atoms with Crippen LogP contribution in [0.3, 0.4) is 0 Å². The number of nitrogens with zero attached hydrogens (tertiary/aromatic N) is 1. The van der Waals surface area contributed by atoms with Gasteiger partial charge in [-0.2, -0.15) is 0 Å². The monoisotopic (exact) mass is 335 g/mol. The zero-order valence-corrected chi connectivity index (χ0v) is 13.5. The van der Waals surface area contributed by atoms with Crippen molar-refractivity contribution in [2.45, 2.75) is 37.6 Å². The minimum absolute atomic E-state index is 0.0611. The fourth-order valence-electron chi connectivity index (χ4n) is 2.44. The second-order valence-corrected chi connectivity index (χ2v) is 7.95. The molecule has 1 amide bonds. The van der Waals surface area contributed by atoms with Crippen molar-refractivity contribution in [1.29, 1.82) is 0 Å². The Morgan fingerprint density at radius 3 is 2.55 bits per heavy atom. The highest BCUT2D eigenvalue weighted by Gasteiger charge is 2.28. The van der Waals surface area contributed by atoms with Gasteiger partial charge in [-0.15, -0.1) is 0 Å². The van der Waals surface area contributed by atoms with E-state index in [1.165, 1.54) is 6.07 Å². The van der Waals surface area contributed by atoms with Gasteiger partial charge in [0.1, 0.15) is 4.90 Å². The average Bonchev–Trinajstić information content (AvgIpc) is 2.76. The number of halogens is 2. The predicted octanol–water partition coefficient (Wildman–Crippen LogP) is 3.20. The minimum atomic E-state index is -3.98. The summed E-state index contributed by atoms with van der Waals surface area (Å²) in [6.45, 7) is 4.32. The van der Waals surface area contributed by atoms with E-state index in [0.29, 0.717) is 17.7 Å². The van der Waals surface area contributed by atoms with E-state index >= 15 is 0 Å². The normalized spacial score (nSPS) is 19.4. The SMILES string of the molecule is Cc1cc(C(=O)N2CCCC2C)cc(S(=O)(=O)Cl)c1Cl. The second kappa shape index (κ2) is 5.54. The molecule has 0 N–H and O–H groups in total. The van der Waals surface area contributed by atoms with E-state index in [4.69, 9.17) is 22.3 Å². The van der Waals surface area contributed by atoms with Gasteiger partial charge in [0.2, 0.25) is 0 Å². The molecule has 0 aliphatic carbocycles. The summed E-state index contributed by atoms with van der Waals surface area (Å²) in [4.78, 5) is 14.0. The Labute approximate surface area is 128 Å². The lowest BCUT2D eigenvalue weighted by atomic mass is 10.1. The number of hydrogen-bond donors (Lipinski definition) is 0. The molecule has 1 aromatic rings. The summed E-state index contributed by atoms with van der Waals surface area (Å²) in [5.41, 5.74) is 0.823. The Balaban J connectivity index is 2.48. The Bertz CT molecular complexity index is 658. The largest absolute Gasteiger partial charge is 0.336 e. The standard InChI is InChI=1S/C13H15Cl2NO3S/c1-8-6-10(7-11(12(8)14)20(15,18)19)13(17)16-5-3-4-9(16)2/h6-7,9H,3-5H2,1-2H3. The first kappa shape index (κ1) is 15.6. The van der Waals surface area contributed by atoms with Crippen molar-refractivity contribution in [2.24, 2.45) is 0 Å². The lowest BCUT2D eigenvalue weighted by Crippen LogP contribution is -2.33. The van der Waals surface area contributed by atoms with Crippen molar-refractivity contribution in [1.82, 2.24) is 4.90 Å². The molecule has 1 saturated heterocycles. The van der Waals surface area contributed by atoms with Crippen LogP contribution in [0.1, 0.15) is 35.7 Å². The molecule has 7 heteroatoms. The van der Waals surface area contributed by atoms with Crippen molar-refractivity contribution in [3.8, 4) is 0 Å². The Kier molecular flexibility index (Phi) is 4.33. The van der Waals surface area contributed by atoms with Crippen LogP contribution in [0.25, 0.3) is 0 Å². The van der Waals surface area contributed by atoms with Crippen molar-refractivity contribution in [3.63, 3.8) is 0 Å². The number of carbonyl (C=O) groups excluding carboxylic acids is 1. The third-order valence-electron chi connectivity index (χ3n) is 3.54. The first-order chi connectivity index (χ1) is 9.21. The third-order valence-corrected chi connectivity index (χ3v) is 5.50. The van der Waals surface area contributed by atoms with Gasteiger partial charge in [0.05, 0.1) is 5.02 Å². The number of hydrogen-bond acceptors (Lipinski definition) is 3. The summed E-state index contributed by atoms with van der Waals surface area (Å²) in [5, 5.41) is 0.0611. The highest BCUT2D eigenvalue weighted by Crippen LogP contribution is 2.30. The predicted molar refractivity (Wildman–Crippen MR) is 79.0 cm³/mol. The number of carbonyl (C=O) groups is 1. The maximum absolute atomic E-state index is 12.4. The van der Waals surface area contributed by atoms with E-state index < -0.39 is 9.05 Å². The first-order valence-corrected chi connectivity index (χ1v) is 8.96. The molecule has 110 valence electrons. The summed E-state index contributed by atoms with van der Waals surface area (Å²) in [6, 6.07) is 3.02. The van der Waals surface area contributed by atoms with Crippen LogP contribution in [0.4, 0.5) is 0 Å². The smallest absolute Gasteiger partial charge is 0.262 e. The molecule has 0 radical (unpaired) electrons. The van der Waals surface area contributed by atoms with Crippen LogP contribution in [-0.4, -0.2) is 31.8 Å². The highest BCUT2D eigenvalue weighted by molar-refractivity contribution is 8.13. The number of benzene rings is 1. The molecule has 2 rings (SSSR count). The first-order valence-electron chi connectivity index (χ1n) is 6.27. The Morgan fingerprint density at radius 1 is 1.40 bits per heavy atom. The molecule has 1 aliphatic rings. The molecular formula is C13H15Cl2NO3S. The van der Waals surface area contributed by atoms with Crippen molar-refractivity contribution in [2.75, 3.05) is 6.54 Å². The van der Waals surface area contributed by atoms with Gasteiger partial charge in [-0.3, -0.25) is 4.79 Å². The molecule has 4 nitrogen and oxygen atoms in total. The number of likely N-dealkylation sites (tertiary alicyclic amines) is 1. The molecule has 1 aromatic carbocycles. The molecule has 1 atom stereocenters. The molecule has 0 bridgehead atoms. The molecule has 0 spiro atoms. The second-order valence-electron chi connectivity index (χ2n) is 5.03. The van der Waals surface area contributed by atoms with Crippen LogP contribution < -0.4 is 0 Å². The van der Waals surface area contributed by atoms with Crippen LogP contribution in [-0.2, 0) is 9.05 Å². The summed E-state index contributed by atoms with van der Waals surface area (Å²) in [6.07, 6.45) is 1.92. The average molecular weight is 336 g/mol. The van der Waals surface area contributed by atoms with Crippen LogP contribution in [0.5, 0.6) is 0 Å². The number of aryl methyl sites for hydroxylation is 1. The molecule has 1 fully saturated rings. The lowest BCUT2D eigenvalue weighted by Gasteiger charge is -2.22. The molecular weight excluding hydrogens is 321 g/mol. The highest BCUT2D eigenvalue weighted by atomic mass is 35.7. The maximum atomic E-state index is 12.4. The van der Waals surface area contributed by atoms with Gasteiger partial charge in [-0.25, -0.2) is 8.42 Å². The summed E-state index contributed by atoms with van der Waals surface area (Å²) in [5.74, 6) is -0.184. The van der Waals surface area contributed by atoms with E-state index in [1.54, 1.807) is 17.9 Å². The Morgan fingerprint density at radius 2 is 2.05 bits per heavy atom. The van der Waals surface area contributed by atoms with E-state index in [9.17, 15) is 13.2 Å². The fraction of sp³-hybridized carbons (Fsp3) is 0.462. The van der Waals surface area contributed by atoms with Crippen LogP contribution >= 0.6 is 22.3 Å². The van der Waals surface area contributed by atoms with Crippen molar-refractivity contribution < 1.29 is 13.2 Å². The van der Waals surface area contributed by atoms with Crippen LogP contribution in [0.2, 0.25) is 5.02 Å². The topological polar surface area (TPSA) is 54.5 Å². The lowest BCUT2D eigenvalue weighted by molar-refractivity contribution is 0.0747. The maximum Gasteiger partial charge on any atom is 0.262 e. The zero-order chi connectivity index (χ0) is 15.1. The number of amides is 1. The van der Waals surface area contributed by atoms with E-state index in [2.05, 4.69) is 0 Å². The zero-order valence-electron chi connectivity index (χ0n) is 11.2. The number of rotatable bonds is 2. The molecule has 1 aliphatic heterocycles. The van der Waals surface area contributed by atoms with Gasteiger partial charge in [-0.05, 0) is 44.4 Å². The molecule has 0 saturated carbocycles. The van der Waals surface area contributed by atoms with Gasteiger partial charge in [0.15, 0.2) is 0 Å². The fourth-order valence-corrected chi connectivity index (χ4v) is 3.98. The molecule has 1 heterocycles. The van der Waals surface area contributed by atoms with E-state index in [-0.39, 0.29) is 21.9 Å². The Hall–Kier alpha value is -0.780.